The van der Waals surface area contributed by atoms with E-state index < -0.39 is 29.9 Å². The van der Waals surface area contributed by atoms with Crippen LogP contribution in [0.5, 0.6) is 0 Å². The monoisotopic (exact) mass is 1740 g/mol. The molecule has 4 aliphatic heterocycles. The third-order valence-electron chi connectivity index (χ3n) is 22.2. The van der Waals surface area contributed by atoms with Crippen molar-refractivity contribution in [1.82, 2.24) is 118 Å². The molecule has 6 N–H and O–H groups in total. The van der Waals surface area contributed by atoms with Crippen molar-refractivity contribution in [1.29, 1.82) is 0 Å². The van der Waals surface area contributed by atoms with Gasteiger partial charge in [0.15, 0.2) is 84.9 Å². The summed E-state index contributed by atoms with van der Waals surface area (Å²) in [5.41, 5.74) is 13.1. The van der Waals surface area contributed by atoms with Crippen molar-refractivity contribution in [3.05, 3.63) is 276 Å². The quantitative estimate of drug-likeness (QED) is 0.0287. The highest BCUT2D eigenvalue weighted by Gasteiger charge is 2.33. The average molecular weight is 1740 g/mol. The van der Waals surface area contributed by atoms with E-state index >= 15 is 0 Å². The van der Waals surface area contributed by atoms with Gasteiger partial charge < -0.3 is 74.2 Å². The van der Waals surface area contributed by atoms with Crippen LogP contribution >= 0.6 is 11.6 Å². The number of halogens is 5. The molecule has 4 aliphatic rings. The van der Waals surface area contributed by atoms with Crippen molar-refractivity contribution >= 4 is 103 Å². The van der Waals surface area contributed by atoms with Crippen molar-refractivity contribution in [2.45, 2.75) is 122 Å². The van der Waals surface area contributed by atoms with Crippen LogP contribution in [-0.4, -0.2) is 190 Å². The number of aromatic nitrogens is 20. The smallest absolute Gasteiger partial charge is 0.410 e. The number of imidazole rings is 5. The number of carbonyl (C=O) groups excluding carboxylic acids is 1. The number of likely N-dealkylation sites (tertiary alicyclic amines) is 3. The number of benzene rings is 6. The highest BCUT2D eigenvalue weighted by atomic mass is 35.5. The maximum Gasteiger partial charge on any atom is 0.410 e. The number of hydrogen-bond donors (Lipinski definition) is 6. The number of aryl methyl sites for hydroxylation is 1. The minimum absolute atomic E-state index is 0.0567. The third kappa shape index (κ3) is 22.0. The van der Waals surface area contributed by atoms with Gasteiger partial charge in [-0.1, -0.05) is 181 Å². The lowest BCUT2D eigenvalue weighted by molar-refractivity contribution is 0.0289. The molecule has 654 valence electrons. The van der Waals surface area contributed by atoms with Gasteiger partial charge in [-0.15, -0.1) is 0 Å². The number of anilines is 5. The van der Waals surface area contributed by atoms with Gasteiger partial charge in [0.05, 0.1) is 62.3 Å². The zero-order valence-corrected chi connectivity index (χ0v) is 71.9. The van der Waals surface area contributed by atoms with E-state index in [9.17, 15) is 22.4 Å². The van der Waals surface area contributed by atoms with Crippen molar-refractivity contribution in [3.8, 4) is 0 Å². The molecule has 20 rings (SSSR count). The van der Waals surface area contributed by atoms with Gasteiger partial charge in [0.2, 0.25) is 5.28 Å². The summed E-state index contributed by atoms with van der Waals surface area (Å²) in [7, 11) is 4.22. The van der Waals surface area contributed by atoms with Crippen molar-refractivity contribution in [2.24, 2.45) is 0 Å². The maximum absolute atomic E-state index is 14.2. The first-order valence-corrected chi connectivity index (χ1v) is 42.6. The van der Waals surface area contributed by atoms with E-state index in [4.69, 9.17) is 16.3 Å². The summed E-state index contributed by atoms with van der Waals surface area (Å²) < 4.78 is 71.1. The zero-order valence-electron chi connectivity index (χ0n) is 71.2. The molecule has 31 nitrogen and oxygen atoms in total. The Morgan fingerprint density at radius 1 is 0.402 bits per heavy atom. The van der Waals surface area contributed by atoms with Gasteiger partial charge in [0.1, 0.15) is 5.60 Å². The lowest BCUT2D eigenvalue weighted by atomic mass is 10.1. The van der Waals surface area contributed by atoms with Gasteiger partial charge in [0.25, 0.3) is 0 Å². The van der Waals surface area contributed by atoms with Gasteiger partial charge in [-0.2, -0.15) is 67.4 Å². The molecule has 0 radical (unpaired) electrons. The summed E-state index contributed by atoms with van der Waals surface area (Å²) in [6.45, 7) is 17.8. The minimum atomic E-state index is -0.818. The summed E-state index contributed by atoms with van der Waals surface area (Å²) in [5.74, 6) is 2.30. The molecule has 127 heavy (non-hydrogen) atoms. The lowest BCUT2D eigenvalue weighted by Crippen LogP contribution is -2.35. The number of nitrogens with zero attached hydrogens (tertiary/aromatic N) is 23. The molecule has 36 heteroatoms. The van der Waals surface area contributed by atoms with E-state index in [1.165, 1.54) is 11.1 Å². The molecule has 1 amide bonds. The Morgan fingerprint density at radius 2 is 0.732 bits per heavy atom. The fourth-order valence-electron chi connectivity index (χ4n) is 15.7. The van der Waals surface area contributed by atoms with Gasteiger partial charge in [-0.25, -0.2) is 29.7 Å². The molecular weight excluding hydrogens is 1640 g/mol. The second-order valence-electron chi connectivity index (χ2n) is 32.7. The molecule has 16 aromatic rings. The van der Waals surface area contributed by atoms with Crippen LogP contribution in [0.4, 0.5) is 51.4 Å². The number of carbonyl (C=O) groups is 1. The van der Waals surface area contributed by atoms with Crippen LogP contribution < -0.4 is 31.9 Å². The summed E-state index contributed by atoms with van der Waals surface area (Å²) in [6.07, 6.45) is 9.05. The Bertz CT molecular complexity index is 6220. The van der Waals surface area contributed by atoms with Crippen molar-refractivity contribution in [2.75, 3.05) is 93.0 Å². The van der Waals surface area contributed by atoms with Gasteiger partial charge in [-0.05, 0) is 132 Å². The number of hydrogen-bond acceptors (Lipinski definition) is 25. The lowest BCUT2D eigenvalue weighted by Gasteiger charge is -2.24. The summed E-state index contributed by atoms with van der Waals surface area (Å²) >= 11 is 6.16. The van der Waals surface area contributed by atoms with E-state index in [0.29, 0.717) is 139 Å². The maximum atomic E-state index is 14.2. The van der Waals surface area contributed by atoms with Crippen LogP contribution in [-0.2, 0) is 44.0 Å². The summed E-state index contributed by atoms with van der Waals surface area (Å²) in [4.78, 5) is 80.9. The molecule has 0 saturated carbocycles. The van der Waals surface area contributed by atoms with E-state index in [0.717, 1.165) is 97.5 Å². The standard InChI is InChI=1S/C21H25FN6O2.C20H18FN5.C17H19ClN6.C17H19FN6.C16H17FN6/c1-21(2,3)30-20(29)27-10-9-15(12-27)28-13-24-16-17(25-19(22)26-18(16)28)23-11-14-7-5-4-6-8-14;1-14-7-9-16(10-8-14)12-26-13-23-17-18(24-20(21)25-19(17)26)22-11-15-5-3-2-4-6-15;2*1-23-8-7-13(10-23)24-11-20-14-15(21-17(18)22-16(14)24)19-9-12-5-3-2-4-6-12;17-16-21-14(19-8-11-4-2-1-3-5-11)13-15(22-16)23(10-20-13)12-6-7-18-9-12/h4-8,13,15H,9-12H2,1-3H3,(H,23,25,26);2-10,13H,11-12H2,1H3,(H,22,24,25);2*2-6,11,13H,7-10H2,1H3,(H,19,21,22);1-5,10,12,18H,6-9H2,(H,19,21,22). The van der Waals surface area contributed by atoms with Crippen LogP contribution in [0.2, 0.25) is 5.28 Å². The number of amides is 1. The average Bonchev–Trinajstić information content (AvgIpc) is 1.66. The Balaban J connectivity index is 0.000000117. The zero-order chi connectivity index (χ0) is 87.9. The van der Waals surface area contributed by atoms with Crippen LogP contribution in [0.25, 0.3) is 55.8 Å². The Morgan fingerprint density at radius 3 is 1.09 bits per heavy atom. The summed E-state index contributed by atoms with van der Waals surface area (Å²) in [6, 6.07) is 58.7. The minimum Gasteiger partial charge on any atom is -0.444 e. The van der Waals surface area contributed by atoms with Crippen molar-refractivity contribution in [3.63, 3.8) is 0 Å². The first-order chi connectivity index (χ1) is 61.7. The molecule has 14 heterocycles. The van der Waals surface area contributed by atoms with E-state index in [1.54, 1.807) is 30.2 Å². The molecule has 10 aromatic heterocycles. The highest BCUT2D eigenvalue weighted by Crippen LogP contribution is 2.34. The molecule has 0 aliphatic carbocycles. The Kier molecular flexibility index (Phi) is 27.3. The van der Waals surface area contributed by atoms with E-state index in [1.807, 2.05) is 204 Å². The molecule has 0 bridgehead atoms. The SMILES string of the molecule is CC(C)(C)OC(=O)N1CCC(n2cnc3c(NCc4ccccc4)nc(F)nc32)C1.CN1CCC(n2cnc3c(NCc4ccccc4)nc(Cl)nc32)C1.CN1CCC(n2cnc3c(NCc4ccccc4)nc(F)nc32)C1.Cc1ccc(Cn2cnc3c(NCc4ccccc4)nc(F)nc32)cc1.Fc1nc(NCc2ccccc2)c2ncn(C3CCNC3)c2n1. The third-order valence-corrected chi connectivity index (χ3v) is 22.3. The molecular formula is C91H98ClF4N29O2. The van der Waals surface area contributed by atoms with E-state index in [2.05, 4.69) is 159 Å². The molecule has 4 atom stereocenters. The number of rotatable bonds is 21. The van der Waals surface area contributed by atoms with E-state index in [-0.39, 0.29) is 29.5 Å². The number of ether oxygens (including phenoxy) is 1. The summed E-state index contributed by atoms with van der Waals surface area (Å²) in [5, 5.41) is 19.5. The van der Waals surface area contributed by atoms with Gasteiger partial charge in [-0.3, -0.25) is 0 Å². The number of nitrogens with one attached hydrogen (secondary N) is 6. The number of fused-ring (bicyclic) bond motifs is 5. The fraction of sp³-hybridized carbons (Fsp3) is 0.319. The predicted molar refractivity (Wildman–Crippen MR) is 481 cm³/mol. The van der Waals surface area contributed by atoms with Crippen LogP contribution in [0.15, 0.2) is 208 Å². The van der Waals surface area contributed by atoms with Crippen molar-refractivity contribution < 1.29 is 27.1 Å². The fourth-order valence-corrected chi connectivity index (χ4v) is 15.9. The van der Waals surface area contributed by atoms with Crippen LogP contribution in [0, 0.1) is 31.2 Å². The Labute approximate surface area is 735 Å². The molecule has 4 unspecified atom stereocenters. The normalized spacial score (nSPS) is 16.4. The topological polar surface area (TPSA) is 326 Å². The second-order valence-corrected chi connectivity index (χ2v) is 33.0. The molecule has 0 spiro atoms. The molecule has 6 aromatic carbocycles. The largest absolute Gasteiger partial charge is 0.444 e. The van der Waals surface area contributed by atoms with Crippen LogP contribution in [0.3, 0.4) is 0 Å². The first-order valence-electron chi connectivity index (χ1n) is 42.2. The van der Waals surface area contributed by atoms with Crippen LogP contribution in [0.1, 0.15) is 110 Å². The highest BCUT2D eigenvalue weighted by molar-refractivity contribution is 6.28. The second kappa shape index (κ2) is 40.0. The first kappa shape index (κ1) is 86.7. The van der Waals surface area contributed by atoms with Gasteiger partial charge in [0, 0.05) is 65.4 Å². The molecule has 4 saturated heterocycles. The van der Waals surface area contributed by atoms with Gasteiger partial charge >= 0.3 is 30.4 Å². The number of likely N-dealkylation sites (N-methyl/N-ethyl adjacent to an activating group) is 2. The molecule has 4 fully saturated rings. The predicted octanol–water partition coefficient (Wildman–Crippen LogP) is 15.2. The Hall–Kier alpha value is -13.8.